The van der Waals surface area contributed by atoms with Gasteiger partial charge in [-0.3, -0.25) is 9.59 Å². The van der Waals surface area contributed by atoms with Crippen molar-refractivity contribution in [3.63, 3.8) is 0 Å². The lowest BCUT2D eigenvalue weighted by molar-refractivity contribution is 0.0952. The molecule has 2 aromatic rings. The van der Waals surface area contributed by atoms with Crippen LogP contribution in [0.3, 0.4) is 0 Å². The van der Waals surface area contributed by atoms with Gasteiger partial charge in [-0.15, -0.1) is 0 Å². The summed E-state index contributed by atoms with van der Waals surface area (Å²) in [6.45, 7) is 4.66. The van der Waals surface area contributed by atoms with Gasteiger partial charge in [-0.25, -0.2) is 0 Å². The molecule has 0 heterocycles. The Hall–Kier alpha value is -2.62. The highest BCUT2D eigenvalue weighted by Crippen LogP contribution is 2.13. The first-order valence-electron chi connectivity index (χ1n) is 7.87. The number of unbranched alkanes of at least 4 members (excludes halogenated alkanes) is 1. The molecule has 0 atom stereocenters. The quantitative estimate of drug-likeness (QED) is 0.798. The molecule has 0 saturated carbocycles. The van der Waals surface area contributed by atoms with Crippen LogP contribution in [0.4, 0.5) is 5.69 Å². The lowest BCUT2D eigenvalue weighted by Crippen LogP contribution is -2.24. The minimum absolute atomic E-state index is 0.0877. The maximum absolute atomic E-state index is 12.2. The molecule has 0 radical (unpaired) electrons. The Morgan fingerprint density at radius 2 is 1.65 bits per heavy atom. The Balaban J connectivity index is 1.99. The number of carbonyl (C=O) groups excluding carboxylic acids is 2. The van der Waals surface area contributed by atoms with Gasteiger partial charge in [0.05, 0.1) is 0 Å². The summed E-state index contributed by atoms with van der Waals surface area (Å²) in [6.07, 6.45) is 2.01. The predicted octanol–water partition coefficient (Wildman–Crippen LogP) is 3.78. The summed E-state index contributed by atoms with van der Waals surface area (Å²) in [4.78, 5) is 24.2. The topological polar surface area (TPSA) is 58.2 Å². The summed E-state index contributed by atoms with van der Waals surface area (Å²) in [5.74, 6) is -0.238. The van der Waals surface area contributed by atoms with Crippen LogP contribution < -0.4 is 10.6 Å². The molecule has 2 N–H and O–H groups in total. The van der Waals surface area contributed by atoms with Crippen molar-refractivity contribution in [1.82, 2.24) is 5.32 Å². The van der Waals surface area contributed by atoms with Crippen LogP contribution in [0.25, 0.3) is 0 Å². The summed E-state index contributed by atoms with van der Waals surface area (Å²) in [5, 5.41) is 5.71. The highest BCUT2D eigenvalue weighted by atomic mass is 16.2. The van der Waals surface area contributed by atoms with Crippen LogP contribution in [0.15, 0.2) is 48.5 Å². The zero-order chi connectivity index (χ0) is 16.7. The first-order valence-corrected chi connectivity index (χ1v) is 7.87. The van der Waals surface area contributed by atoms with Gasteiger partial charge < -0.3 is 10.6 Å². The summed E-state index contributed by atoms with van der Waals surface area (Å²) in [7, 11) is 0. The van der Waals surface area contributed by atoms with Gasteiger partial charge in [0.1, 0.15) is 0 Å². The molecule has 2 rings (SSSR count). The van der Waals surface area contributed by atoms with Gasteiger partial charge in [-0.1, -0.05) is 31.5 Å². The van der Waals surface area contributed by atoms with Crippen LogP contribution in [0.5, 0.6) is 0 Å². The van der Waals surface area contributed by atoms with Crippen LogP contribution in [-0.2, 0) is 0 Å². The second-order valence-electron chi connectivity index (χ2n) is 5.46. The highest BCUT2D eigenvalue weighted by Gasteiger charge is 2.09. The monoisotopic (exact) mass is 310 g/mol. The molecule has 0 aliphatic carbocycles. The van der Waals surface area contributed by atoms with Crippen molar-refractivity contribution >= 4 is 17.5 Å². The number of benzene rings is 2. The van der Waals surface area contributed by atoms with Crippen LogP contribution in [0.2, 0.25) is 0 Å². The molecule has 23 heavy (non-hydrogen) atoms. The van der Waals surface area contributed by atoms with Gasteiger partial charge in [0, 0.05) is 23.4 Å². The molecular weight excluding hydrogens is 288 g/mol. The van der Waals surface area contributed by atoms with Crippen LogP contribution in [-0.4, -0.2) is 18.4 Å². The fraction of sp³-hybridized carbons (Fsp3) is 0.263. The second kappa shape index (κ2) is 8.13. The molecule has 2 aromatic carbocycles. The highest BCUT2D eigenvalue weighted by molar-refractivity contribution is 6.05. The third-order valence-corrected chi connectivity index (χ3v) is 3.61. The maximum atomic E-state index is 12.2. The molecule has 0 spiro atoms. The summed E-state index contributed by atoms with van der Waals surface area (Å²) >= 11 is 0. The zero-order valence-corrected chi connectivity index (χ0v) is 13.6. The van der Waals surface area contributed by atoms with E-state index < -0.39 is 0 Å². The predicted molar refractivity (Wildman–Crippen MR) is 92.8 cm³/mol. The molecule has 0 saturated heterocycles. The standard InChI is InChI=1S/C19H22N2O2/c1-3-4-13-20-18(22)15-9-11-16(12-10-15)21-19(23)17-8-6-5-7-14(17)2/h5-12H,3-4,13H2,1-2H3,(H,20,22)(H,21,23). The van der Waals surface area contributed by atoms with Crippen molar-refractivity contribution in [2.75, 3.05) is 11.9 Å². The number of aryl methyl sites for hydroxylation is 1. The molecule has 0 fully saturated rings. The van der Waals surface area contributed by atoms with Gasteiger partial charge in [0.25, 0.3) is 11.8 Å². The smallest absolute Gasteiger partial charge is 0.255 e. The largest absolute Gasteiger partial charge is 0.352 e. The van der Waals surface area contributed by atoms with Gasteiger partial charge in [0.15, 0.2) is 0 Å². The molecule has 4 nitrogen and oxygen atoms in total. The Labute approximate surface area is 136 Å². The number of hydrogen-bond donors (Lipinski definition) is 2. The van der Waals surface area contributed by atoms with Crippen molar-refractivity contribution in [3.8, 4) is 0 Å². The van der Waals surface area contributed by atoms with E-state index in [9.17, 15) is 9.59 Å². The third-order valence-electron chi connectivity index (χ3n) is 3.61. The molecule has 120 valence electrons. The SMILES string of the molecule is CCCCNC(=O)c1ccc(NC(=O)c2ccccc2C)cc1. The van der Waals surface area contributed by atoms with Gasteiger partial charge in [0.2, 0.25) is 0 Å². The molecule has 2 amide bonds. The average molecular weight is 310 g/mol. The number of amides is 2. The van der Waals surface area contributed by atoms with E-state index in [1.165, 1.54) is 0 Å². The number of anilines is 1. The molecular formula is C19H22N2O2. The van der Waals surface area contributed by atoms with Gasteiger partial charge in [-0.2, -0.15) is 0 Å². The molecule has 0 aliphatic heterocycles. The first-order chi connectivity index (χ1) is 11.1. The van der Waals surface area contributed by atoms with E-state index in [2.05, 4.69) is 17.6 Å². The van der Waals surface area contributed by atoms with Crippen LogP contribution in [0, 0.1) is 6.92 Å². The Morgan fingerprint density at radius 1 is 0.957 bits per heavy atom. The normalized spacial score (nSPS) is 10.2. The molecule has 4 heteroatoms. The zero-order valence-electron chi connectivity index (χ0n) is 13.6. The van der Waals surface area contributed by atoms with Crippen LogP contribution in [0.1, 0.15) is 46.0 Å². The van der Waals surface area contributed by atoms with E-state index in [4.69, 9.17) is 0 Å². The van der Waals surface area contributed by atoms with Crippen LogP contribution >= 0.6 is 0 Å². The fourth-order valence-corrected chi connectivity index (χ4v) is 2.21. The van der Waals surface area contributed by atoms with E-state index in [1.54, 1.807) is 30.3 Å². The van der Waals surface area contributed by atoms with Gasteiger partial charge in [-0.05, 0) is 49.2 Å². The lowest BCUT2D eigenvalue weighted by atomic mass is 10.1. The minimum atomic E-state index is -0.150. The van der Waals surface area contributed by atoms with E-state index in [0.717, 1.165) is 18.4 Å². The Bertz CT molecular complexity index is 678. The lowest BCUT2D eigenvalue weighted by Gasteiger charge is -2.09. The molecule has 0 bridgehead atoms. The molecule has 0 aromatic heterocycles. The van der Waals surface area contributed by atoms with E-state index >= 15 is 0 Å². The number of nitrogens with one attached hydrogen (secondary N) is 2. The Kier molecular flexibility index (Phi) is 5.92. The summed E-state index contributed by atoms with van der Waals surface area (Å²) in [6, 6.07) is 14.3. The third kappa shape index (κ3) is 4.68. The van der Waals surface area contributed by atoms with E-state index in [-0.39, 0.29) is 11.8 Å². The molecule has 0 unspecified atom stereocenters. The summed E-state index contributed by atoms with van der Waals surface area (Å²) in [5.41, 5.74) is 2.84. The van der Waals surface area contributed by atoms with Crippen molar-refractivity contribution in [1.29, 1.82) is 0 Å². The van der Waals surface area contributed by atoms with E-state index in [0.29, 0.717) is 23.4 Å². The first kappa shape index (κ1) is 16.7. The average Bonchev–Trinajstić information content (AvgIpc) is 2.56. The van der Waals surface area contributed by atoms with E-state index in [1.807, 2.05) is 25.1 Å². The second-order valence-corrected chi connectivity index (χ2v) is 5.46. The molecule has 0 aliphatic rings. The van der Waals surface area contributed by atoms with Gasteiger partial charge >= 0.3 is 0 Å². The number of hydrogen-bond acceptors (Lipinski definition) is 2. The Morgan fingerprint density at radius 3 is 2.30 bits per heavy atom. The maximum Gasteiger partial charge on any atom is 0.255 e. The summed E-state index contributed by atoms with van der Waals surface area (Å²) < 4.78 is 0. The number of rotatable bonds is 6. The fourth-order valence-electron chi connectivity index (χ4n) is 2.21. The van der Waals surface area contributed by atoms with Crippen molar-refractivity contribution in [2.24, 2.45) is 0 Å². The minimum Gasteiger partial charge on any atom is -0.352 e. The van der Waals surface area contributed by atoms with Crippen molar-refractivity contribution < 1.29 is 9.59 Å². The number of carbonyl (C=O) groups is 2. The van der Waals surface area contributed by atoms with Crippen molar-refractivity contribution in [2.45, 2.75) is 26.7 Å². The van der Waals surface area contributed by atoms with Crippen molar-refractivity contribution in [3.05, 3.63) is 65.2 Å².